The van der Waals surface area contributed by atoms with Crippen LogP contribution in [0.15, 0.2) is 12.3 Å². The molecule has 2 aromatic heterocycles. The van der Waals surface area contributed by atoms with Gasteiger partial charge in [0.25, 0.3) is 0 Å². The maximum absolute atomic E-state index is 6.09. The van der Waals surface area contributed by atoms with Crippen molar-refractivity contribution in [1.29, 1.82) is 0 Å². The molecule has 0 saturated heterocycles. The van der Waals surface area contributed by atoms with E-state index in [1.54, 1.807) is 13.3 Å². The van der Waals surface area contributed by atoms with Crippen molar-refractivity contribution < 1.29 is 4.74 Å². The number of methoxy groups -OCH3 is 1. The van der Waals surface area contributed by atoms with Gasteiger partial charge in [-0.1, -0.05) is 11.6 Å². The number of ether oxygens (including phenoxy) is 1. The topological polar surface area (TPSA) is 47.0 Å². The Morgan fingerprint density at radius 3 is 3.05 bits per heavy atom. The highest BCUT2D eigenvalue weighted by molar-refractivity contribution is 7.11. The van der Waals surface area contributed by atoms with E-state index in [-0.39, 0.29) is 6.04 Å². The van der Waals surface area contributed by atoms with Crippen molar-refractivity contribution in [1.82, 2.24) is 15.3 Å². The average Bonchev–Trinajstić information content (AvgIpc) is 3.06. The molecule has 0 amide bonds. The minimum absolute atomic E-state index is 0.237. The summed E-state index contributed by atoms with van der Waals surface area (Å²) in [5.74, 6) is 0.463. The summed E-state index contributed by atoms with van der Waals surface area (Å²) in [5, 5.41) is 5.19. The fourth-order valence-corrected chi connectivity index (χ4v) is 3.91. The summed E-state index contributed by atoms with van der Waals surface area (Å²) in [7, 11) is 1.57. The second kappa shape index (κ2) is 6.30. The predicted octanol–water partition coefficient (Wildman–Crippen LogP) is 3.54. The van der Waals surface area contributed by atoms with Crippen LogP contribution in [-0.2, 0) is 19.4 Å². The Morgan fingerprint density at radius 1 is 1.48 bits per heavy atom. The molecule has 0 radical (unpaired) electrons. The van der Waals surface area contributed by atoms with E-state index in [0.717, 1.165) is 12.0 Å². The van der Waals surface area contributed by atoms with Crippen molar-refractivity contribution in [2.45, 2.75) is 38.8 Å². The highest BCUT2D eigenvalue weighted by atomic mass is 35.5. The van der Waals surface area contributed by atoms with Gasteiger partial charge in [-0.2, -0.15) is 0 Å². The number of nitrogens with one attached hydrogen (secondary N) is 1. The third-order valence-corrected chi connectivity index (χ3v) is 5.26. The van der Waals surface area contributed by atoms with Gasteiger partial charge in [-0.15, -0.1) is 11.3 Å². The van der Waals surface area contributed by atoms with Crippen LogP contribution < -0.4 is 10.1 Å². The summed E-state index contributed by atoms with van der Waals surface area (Å²) >= 11 is 7.93. The van der Waals surface area contributed by atoms with E-state index in [0.29, 0.717) is 17.4 Å². The van der Waals surface area contributed by atoms with E-state index >= 15 is 0 Å². The molecule has 1 atom stereocenters. The molecule has 112 valence electrons. The van der Waals surface area contributed by atoms with Crippen LogP contribution in [0.2, 0.25) is 5.02 Å². The maximum atomic E-state index is 6.09. The van der Waals surface area contributed by atoms with Crippen molar-refractivity contribution in [2.75, 3.05) is 7.11 Å². The lowest BCUT2D eigenvalue weighted by atomic mass is 10.2. The molecule has 2 aromatic rings. The molecule has 0 spiro atoms. The Labute approximate surface area is 133 Å². The largest absolute Gasteiger partial charge is 0.480 e. The average molecular weight is 324 g/mol. The van der Waals surface area contributed by atoms with Gasteiger partial charge in [0.15, 0.2) is 0 Å². The number of fused-ring (bicyclic) bond motifs is 1. The van der Waals surface area contributed by atoms with Gasteiger partial charge < -0.3 is 10.1 Å². The van der Waals surface area contributed by atoms with Gasteiger partial charge in [0.1, 0.15) is 10.0 Å². The Bertz CT molecular complexity index is 622. The van der Waals surface area contributed by atoms with Crippen LogP contribution in [-0.4, -0.2) is 17.1 Å². The lowest BCUT2D eigenvalue weighted by molar-refractivity contribution is 0.397. The number of halogens is 1. The van der Waals surface area contributed by atoms with Crippen LogP contribution >= 0.6 is 22.9 Å². The molecule has 2 heterocycles. The molecule has 0 fully saturated rings. The molecular formula is C15H18ClN3OS. The van der Waals surface area contributed by atoms with E-state index in [2.05, 4.69) is 17.2 Å². The summed E-state index contributed by atoms with van der Waals surface area (Å²) < 4.78 is 5.06. The van der Waals surface area contributed by atoms with Gasteiger partial charge in [0.2, 0.25) is 5.88 Å². The number of nitrogens with zero attached hydrogens (tertiary/aromatic N) is 2. The molecule has 0 aromatic carbocycles. The van der Waals surface area contributed by atoms with Crippen molar-refractivity contribution in [2.24, 2.45) is 0 Å². The molecule has 1 aliphatic carbocycles. The number of rotatable bonds is 5. The van der Waals surface area contributed by atoms with E-state index in [4.69, 9.17) is 21.3 Å². The highest BCUT2D eigenvalue weighted by Gasteiger charge is 2.19. The van der Waals surface area contributed by atoms with Crippen LogP contribution in [0, 0.1) is 0 Å². The number of hydrogen-bond acceptors (Lipinski definition) is 5. The first kappa shape index (κ1) is 14.8. The second-order valence-electron chi connectivity index (χ2n) is 5.21. The zero-order valence-electron chi connectivity index (χ0n) is 12.1. The lowest BCUT2D eigenvalue weighted by Crippen LogP contribution is -2.18. The van der Waals surface area contributed by atoms with Gasteiger partial charge in [0.05, 0.1) is 18.8 Å². The van der Waals surface area contributed by atoms with Crippen LogP contribution in [0.4, 0.5) is 0 Å². The molecule has 0 bridgehead atoms. The molecular weight excluding hydrogens is 306 g/mol. The zero-order chi connectivity index (χ0) is 14.8. The molecule has 1 unspecified atom stereocenters. The van der Waals surface area contributed by atoms with Crippen molar-refractivity contribution in [3.05, 3.63) is 38.4 Å². The van der Waals surface area contributed by atoms with Gasteiger partial charge >= 0.3 is 0 Å². The number of hydrogen-bond donors (Lipinski definition) is 1. The third-order valence-electron chi connectivity index (χ3n) is 3.65. The SMILES string of the molecule is COc1ncc(CNC(C)c2nc3c(s2)CCC3)cc1Cl. The Balaban J connectivity index is 1.62. The van der Waals surface area contributed by atoms with Gasteiger partial charge in [0, 0.05) is 17.6 Å². The fourth-order valence-electron chi connectivity index (χ4n) is 2.47. The summed E-state index contributed by atoms with van der Waals surface area (Å²) in [4.78, 5) is 10.4. The monoisotopic (exact) mass is 323 g/mol. The Hall–Kier alpha value is -1.17. The minimum Gasteiger partial charge on any atom is -0.480 e. The molecule has 1 N–H and O–H groups in total. The summed E-state index contributed by atoms with van der Waals surface area (Å²) in [6.45, 7) is 2.86. The van der Waals surface area contributed by atoms with E-state index in [9.17, 15) is 0 Å². The third kappa shape index (κ3) is 3.20. The smallest absolute Gasteiger partial charge is 0.232 e. The maximum Gasteiger partial charge on any atom is 0.232 e. The molecule has 4 nitrogen and oxygen atoms in total. The molecule has 0 saturated carbocycles. The first-order chi connectivity index (χ1) is 10.2. The number of aryl methyl sites for hydroxylation is 2. The number of thiazole rings is 1. The number of aromatic nitrogens is 2. The van der Waals surface area contributed by atoms with E-state index in [1.807, 2.05) is 17.4 Å². The zero-order valence-corrected chi connectivity index (χ0v) is 13.7. The van der Waals surface area contributed by atoms with Gasteiger partial charge in [-0.05, 0) is 37.8 Å². The summed E-state index contributed by atoms with van der Waals surface area (Å²) in [6.07, 6.45) is 5.37. The predicted molar refractivity (Wildman–Crippen MR) is 85.2 cm³/mol. The fraction of sp³-hybridized carbons (Fsp3) is 0.467. The van der Waals surface area contributed by atoms with Crippen molar-refractivity contribution in [3.63, 3.8) is 0 Å². The van der Waals surface area contributed by atoms with E-state index in [1.165, 1.54) is 28.4 Å². The van der Waals surface area contributed by atoms with Gasteiger partial charge in [-0.25, -0.2) is 9.97 Å². The molecule has 3 rings (SSSR count). The molecule has 1 aliphatic rings. The van der Waals surface area contributed by atoms with Crippen molar-refractivity contribution in [3.8, 4) is 5.88 Å². The minimum atomic E-state index is 0.237. The summed E-state index contributed by atoms with van der Waals surface area (Å²) in [6, 6.07) is 2.12. The van der Waals surface area contributed by atoms with Crippen molar-refractivity contribution >= 4 is 22.9 Å². The van der Waals surface area contributed by atoms with Crippen LogP contribution in [0.5, 0.6) is 5.88 Å². The highest BCUT2D eigenvalue weighted by Crippen LogP contribution is 2.30. The van der Waals surface area contributed by atoms with E-state index < -0.39 is 0 Å². The standard InChI is InChI=1S/C15H18ClN3OS/c1-9(15-19-12-4-3-5-13(12)21-15)17-7-10-6-11(16)14(20-2)18-8-10/h6,8-9,17H,3-5,7H2,1-2H3. The summed E-state index contributed by atoms with van der Waals surface area (Å²) in [5.41, 5.74) is 2.34. The molecule has 21 heavy (non-hydrogen) atoms. The van der Waals surface area contributed by atoms with Crippen LogP contribution in [0.3, 0.4) is 0 Å². The van der Waals surface area contributed by atoms with Crippen LogP contribution in [0.1, 0.15) is 40.5 Å². The quantitative estimate of drug-likeness (QED) is 0.914. The Morgan fingerprint density at radius 2 is 2.33 bits per heavy atom. The molecule has 0 aliphatic heterocycles. The normalized spacial score (nSPS) is 15.0. The molecule has 6 heteroatoms. The number of pyridine rings is 1. The van der Waals surface area contributed by atoms with Gasteiger partial charge in [-0.3, -0.25) is 0 Å². The Kier molecular flexibility index (Phi) is 4.42. The second-order valence-corrected chi connectivity index (χ2v) is 6.74. The lowest BCUT2D eigenvalue weighted by Gasteiger charge is -2.12. The van der Waals surface area contributed by atoms with Crippen LogP contribution in [0.25, 0.3) is 0 Å². The first-order valence-corrected chi connectivity index (χ1v) is 8.27. The first-order valence-electron chi connectivity index (χ1n) is 7.07.